The SMILES string of the molecule is Fc1ccc(CC(CCl)(CCl)c2ccc(Br)cc2)c(Br)c1. The van der Waals surface area contributed by atoms with E-state index in [1.165, 1.54) is 12.1 Å². The second kappa shape index (κ2) is 7.45. The van der Waals surface area contributed by atoms with Crippen molar-refractivity contribution in [2.24, 2.45) is 0 Å². The lowest BCUT2D eigenvalue weighted by atomic mass is 9.79. The number of hydrogen-bond acceptors (Lipinski definition) is 0. The Bertz CT molecular complexity index is 610. The highest BCUT2D eigenvalue weighted by Crippen LogP contribution is 2.34. The van der Waals surface area contributed by atoms with Gasteiger partial charge >= 0.3 is 0 Å². The molecule has 2 aromatic carbocycles. The van der Waals surface area contributed by atoms with Crippen molar-refractivity contribution in [1.29, 1.82) is 0 Å². The summed E-state index contributed by atoms with van der Waals surface area (Å²) >= 11 is 19.3. The number of rotatable bonds is 5. The summed E-state index contributed by atoms with van der Waals surface area (Å²) in [5.74, 6) is 0.515. The molecule has 0 spiro atoms. The molecule has 0 radical (unpaired) electrons. The average Bonchev–Trinajstić information content (AvgIpc) is 2.48. The van der Waals surface area contributed by atoms with Gasteiger partial charge in [-0.25, -0.2) is 4.39 Å². The van der Waals surface area contributed by atoms with Crippen LogP contribution in [0.2, 0.25) is 0 Å². The molecule has 0 unspecified atom stereocenters. The number of halogens is 5. The van der Waals surface area contributed by atoms with Crippen LogP contribution in [-0.2, 0) is 11.8 Å². The van der Waals surface area contributed by atoms with Crippen molar-refractivity contribution in [2.75, 3.05) is 11.8 Å². The summed E-state index contributed by atoms with van der Waals surface area (Å²) in [5.41, 5.74) is 1.68. The van der Waals surface area contributed by atoms with Gasteiger partial charge in [0.15, 0.2) is 0 Å². The topological polar surface area (TPSA) is 0 Å². The lowest BCUT2D eigenvalue weighted by Gasteiger charge is -2.31. The Morgan fingerprint density at radius 1 is 0.952 bits per heavy atom. The third kappa shape index (κ3) is 4.01. The zero-order valence-corrected chi connectivity index (χ0v) is 15.7. The summed E-state index contributed by atoms with van der Waals surface area (Å²) in [4.78, 5) is 0. The molecule has 5 heteroatoms. The molecule has 2 aromatic rings. The minimum Gasteiger partial charge on any atom is -0.207 e. The van der Waals surface area contributed by atoms with E-state index < -0.39 is 0 Å². The molecule has 0 aliphatic rings. The zero-order chi connectivity index (χ0) is 15.5. The molecule has 0 atom stereocenters. The summed E-state index contributed by atoms with van der Waals surface area (Å²) in [6, 6.07) is 12.7. The van der Waals surface area contributed by atoms with Crippen molar-refractivity contribution >= 4 is 55.1 Å². The maximum Gasteiger partial charge on any atom is 0.124 e. The van der Waals surface area contributed by atoms with E-state index >= 15 is 0 Å². The third-order valence-electron chi connectivity index (χ3n) is 3.51. The van der Waals surface area contributed by atoms with Gasteiger partial charge in [0, 0.05) is 26.1 Å². The molecule has 0 bridgehead atoms. The van der Waals surface area contributed by atoms with E-state index in [4.69, 9.17) is 23.2 Å². The molecule has 21 heavy (non-hydrogen) atoms. The van der Waals surface area contributed by atoms with Gasteiger partial charge in [0.2, 0.25) is 0 Å². The van der Waals surface area contributed by atoms with E-state index in [0.29, 0.717) is 18.2 Å². The fourth-order valence-corrected chi connectivity index (χ4v) is 3.76. The first-order valence-electron chi connectivity index (χ1n) is 6.33. The van der Waals surface area contributed by atoms with Gasteiger partial charge in [-0.2, -0.15) is 0 Å². The van der Waals surface area contributed by atoms with Crippen molar-refractivity contribution < 1.29 is 4.39 Å². The highest BCUT2D eigenvalue weighted by atomic mass is 79.9. The molecule has 0 saturated carbocycles. The van der Waals surface area contributed by atoms with Crippen LogP contribution >= 0.6 is 55.1 Å². The van der Waals surface area contributed by atoms with Crippen LogP contribution in [0, 0.1) is 5.82 Å². The predicted octanol–water partition coefficient (Wildman–Crippen LogP) is 6.31. The van der Waals surface area contributed by atoms with E-state index in [1.54, 1.807) is 6.07 Å². The zero-order valence-electron chi connectivity index (χ0n) is 11.1. The third-order valence-corrected chi connectivity index (χ3v) is 5.80. The quantitative estimate of drug-likeness (QED) is 0.464. The molecule has 0 N–H and O–H groups in total. The van der Waals surface area contributed by atoms with E-state index in [0.717, 1.165) is 20.1 Å². The molecular formula is C16H13Br2Cl2F. The first kappa shape index (κ1) is 17.3. The Hall–Kier alpha value is -0.0900. The van der Waals surface area contributed by atoms with Gasteiger partial charge < -0.3 is 0 Å². The number of alkyl halides is 2. The van der Waals surface area contributed by atoms with Crippen LogP contribution < -0.4 is 0 Å². The van der Waals surface area contributed by atoms with Crippen LogP contribution in [0.5, 0.6) is 0 Å². The van der Waals surface area contributed by atoms with Gasteiger partial charge in [0.1, 0.15) is 5.82 Å². The largest absolute Gasteiger partial charge is 0.207 e. The fraction of sp³-hybridized carbons (Fsp3) is 0.250. The Kier molecular flexibility index (Phi) is 6.13. The second-order valence-electron chi connectivity index (χ2n) is 4.97. The summed E-state index contributed by atoms with van der Waals surface area (Å²) < 4.78 is 15.0. The predicted molar refractivity (Wildman–Crippen MR) is 95.1 cm³/mol. The summed E-state index contributed by atoms with van der Waals surface area (Å²) in [7, 11) is 0. The van der Waals surface area contributed by atoms with Crippen molar-refractivity contribution in [3.05, 3.63) is 68.4 Å². The molecule has 0 heterocycles. The van der Waals surface area contributed by atoms with Gasteiger partial charge in [-0.15, -0.1) is 23.2 Å². The van der Waals surface area contributed by atoms with Crippen LogP contribution in [0.1, 0.15) is 11.1 Å². The van der Waals surface area contributed by atoms with Crippen LogP contribution in [0.3, 0.4) is 0 Å². The molecule has 0 saturated heterocycles. The number of hydrogen-bond donors (Lipinski definition) is 0. The minimum atomic E-state index is -0.385. The van der Waals surface area contributed by atoms with Crippen LogP contribution in [-0.4, -0.2) is 11.8 Å². The maximum absolute atomic E-state index is 13.2. The lowest BCUT2D eigenvalue weighted by Crippen LogP contribution is -2.33. The smallest absolute Gasteiger partial charge is 0.124 e. The maximum atomic E-state index is 13.2. The van der Waals surface area contributed by atoms with Crippen LogP contribution in [0.25, 0.3) is 0 Å². The second-order valence-corrected chi connectivity index (χ2v) is 7.27. The molecule has 0 aliphatic carbocycles. The van der Waals surface area contributed by atoms with Crippen LogP contribution in [0.15, 0.2) is 51.4 Å². The van der Waals surface area contributed by atoms with Crippen molar-refractivity contribution in [3.8, 4) is 0 Å². The summed E-state index contributed by atoms with van der Waals surface area (Å²) in [6.07, 6.45) is 0.641. The van der Waals surface area contributed by atoms with Crippen molar-refractivity contribution in [3.63, 3.8) is 0 Å². The Balaban J connectivity index is 2.40. The molecule has 112 valence electrons. The molecule has 0 aliphatic heterocycles. The summed E-state index contributed by atoms with van der Waals surface area (Å²) in [5, 5.41) is 0. The Morgan fingerprint density at radius 2 is 1.57 bits per heavy atom. The van der Waals surface area contributed by atoms with Crippen molar-refractivity contribution in [1.82, 2.24) is 0 Å². The van der Waals surface area contributed by atoms with Gasteiger partial charge in [0.05, 0.1) is 0 Å². The molecule has 0 amide bonds. The average molecular weight is 455 g/mol. The molecule has 0 fully saturated rings. The Morgan fingerprint density at radius 3 is 2.10 bits per heavy atom. The van der Waals surface area contributed by atoms with Crippen molar-refractivity contribution in [2.45, 2.75) is 11.8 Å². The van der Waals surface area contributed by atoms with Gasteiger partial charge in [-0.1, -0.05) is 50.1 Å². The van der Waals surface area contributed by atoms with Gasteiger partial charge in [-0.3, -0.25) is 0 Å². The highest BCUT2D eigenvalue weighted by Gasteiger charge is 2.31. The van der Waals surface area contributed by atoms with Gasteiger partial charge in [0.25, 0.3) is 0 Å². The van der Waals surface area contributed by atoms with E-state index in [2.05, 4.69) is 31.9 Å². The monoisotopic (exact) mass is 452 g/mol. The summed E-state index contributed by atoms with van der Waals surface area (Å²) in [6.45, 7) is 0. The van der Waals surface area contributed by atoms with E-state index in [9.17, 15) is 4.39 Å². The Labute approximate surface area is 150 Å². The first-order valence-corrected chi connectivity index (χ1v) is 8.98. The molecule has 0 nitrogen and oxygen atoms in total. The molecule has 0 aromatic heterocycles. The standard InChI is InChI=1S/C16H13Br2Cl2F/c17-13-4-2-12(3-5-13)16(9-19,10-20)8-11-1-6-14(21)7-15(11)18/h1-7H,8-10H2. The lowest BCUT2D eigenvalue weighted by molar-refractivity contribution is 0.533. The van der Waals surface area contributed by atoms with Crippen LogP contribution in [0.4, 0.5) is 4.39 Å². The normalized spacial score (nSPS) is 11.7. The number of benzene rings is 2. The minimum absolute atomic E-state index is 0.267. The van der Waals surface area contributed by atoms with E-state index in [1.807, 2.05) is 24.3 Å². The first-order chi connectivity index (χ1) is 10.0. The van der Waals surface area contributed by atoms with E-state index in [-0.39, 0.29) is 11.2 Å². The van der Waals surface area contributed by atoms with Gasteiger partial charge in [-0.05, 0) is 41.8 Å². The molecular weight excluding hydrogens is 442 g/mol. The molecule has 2 rings (SSSR count). The fourth-order valence-electron chi connectivity index (χ4n) is 2.22. The highest BCUT2D eigenvalue weighted by molar-refractivity contribution is 9.10.